The molecule has 8 nitrogen and oxygen atoms in total. The highest BCUT2D eigenvalue weighted by Crippen LogP contribution is 2.45. The van der Waals surface area contributed by atoms with Crippen molar-refractivity contribution in [3.63, 3.8) is 0 Å². The molecule has 0 aliphatic heterocycles. The maximum atomic E-state index is 12.3. The lowest BCUT2D eigenvalue weighted by molar-refractivity contribution is -0.143. The summed E-state index contributed by atoms with van der Waals surface area (Å²) in [6.07, 6.45) is 0. The second-order valence-corrected chi connectivity index (χ2v) is 14.4. The lowest BCUT2D eigenvalue weighted by Gasteiger charge is -2.23. The van der Waals surface area contributed by atoms with Crippen LogP contribution in [0.5, 0.6) is 23.0 Å². The van der Waals surface area contributed by atoms with Crippen LogP contribution in [0.25, 0.3) is 11.1 Å². The van der Waals surface area contributed by atoms with Crippen molar-refractivity contribution < 1.29 is 38.0 Å². The molecule has 0 saturated carbocycles. The van der Waals surface area contributed by atoms with Gasteiger partial charge in [0.15, 0.2) is 13.2 Å². The molecule has 0 spiro atoms. The highest BCUT2D eigenvalue weighted by Gasteiger charge is 2.26. The third-order valence-electron chi connectivity index (χ3n) is 7.48. The van der Waals surface area contributed by atoms with Gasteiger partial charge in [-0.2, -0.15) is 0 Å². The van der Waals surface area contributed by atoms with Crippen molar-refractivity contribution in [2.75, 3.05) is 41.7 Å². The van der Waals surface area contributed by atoms with E-state index in [2.05, 4.69) is 24.3 Å². The van der Waals surface area contributed by atoms with Crippen molar-refractivity contribution in [3.8, 4) is 34.1 Å². The van der Waals surface area contributed by atoms with Gasteiger partial charge >= 0.3 is 11.9 Å². The monoisotopic (exact) mass is 730 g/mol. The van der Waals surface area contributed by atoms with Crippen molar-refractivity contribution in [1.82, 2.24) is 0 Å². The average molecular weight is 732 g/mol. The largest absolute Gasteiger partial charge is 0.496 e. The van der Waals surface area contributed by atoms with Crippen LogP contribution in [0.4, 0.5) is 0 Å². The zero-order chi connectivity index (χ0) is 35.1. The van der Waals surface area contributed by atoms with Crippen LogP contribution >= 0.6 is 40.4 Å². The third-order valence-corrected chi connectivity index (χ3v) is 10.6. The van der Waals surface area contributed by atoms with Crippen LogP contribution in [0.1, 0.15) is 22.3 Å². The third kappa shape index (κ3) is 8.54. The Hall–Kier alpha value is -3.54. The molecule has 4 aromatic rings. The SMILES string of the molecule is COC(=O)COc1c(Cl)ccc(Pc2cc(C)c(OC)c(C)c2)c1-c1c(Pc2cc(C)c(OC)c(C)c2)ccc(Cl)c1OCC(=O)OC. The molecule has 4 rings (SSSR count). The predicted octanol–water partition coefficient (Wildman–Crippen LogP) is 6.27. The Kier molecular flexibility index (Phi) is 13.0. The number of esters is 2. The van der Waals surface area contributed by atoms with Crippen molar-refractivity contribution in [3.05, 3.63) is 80.8 Å². The van der Waals surface area contributed by atoms with E-state index in [1.807, 2.05) is 39.8 Å². The molecular weight excluding hydrogens is 693 g/mol. The summed E-state index contributed by atoms with van der Waals surface area (Å²) in [5.74, 6) is 1.00. The van der Waals surface area contributed by atoms with E-state index in [-0.39, 0.29) is 51.9 Å². The maximum absolute atomic E-state index is 12.3. The highest BCUT2D eigenvalue weighted by molar-refractivity contribution is 7.56. The fourth-order valence-electron chi connectivity index (χ4n) is 5.48. The molecule has 0 fully saturated rings. The topological polar surface area (TPSA) is 89.5 Å². The van der Waals surface area contributed by atoms with Crippen LogP contribution in [0, 0.1) is 27.7 Å². The predicted molar refractivity (Wildman–Crippen MR) is 197 cm³/mol. The van der Waals surface area contributed by atoms with Crippen LogP contribution < -0.4 is 40.2 Å². The molecule has 48 heavy (non-hydrogen) atoms. The van der Waals surface area contributed by atoms with Crippen LogP contribution in [0.15, 0.2) is 48.5 Å². The number of benzene rings is 4. The summed E-state index contributed by atoms with van der Waals surface area (Å²) < 4.78 is 33.2. The van der Waals surface area contributed by atoms with Gasteiger partial charge in [0.05, 0.1) is 38.5 Å². The molecule has 0 N–H and O–H groups in total. The average Bonchev–Trinajstić information content (AvgIpc) is 3.04. The summed E-state index contributed by atoms with van der Waals surface area (Å²) in [7, 11) is 6.12. The Morgan fingerprint density at radius 2 is 0.896 bits per heavy atom. The number of halogens is 2. The smallest absolute Gasteiger partial charge is 0.343 e. The van der Waals surface area contributed by atoms with Gasteiger partial charge in [-0.05, 0) is 108 Å². The minimum absolute atomic E-state index is 0.119. The van der Waals surface area contributed by atoms with Gasteiger partial charge in [-0.3, -0.25) is 0 Å². The lowest BCUT2D eigenvalue weighted by Crippen LogP contribution is -2.20. The summed E-state index contributed by atoms with van der Waals surface area (Å²) >= 11 is 13.7. The number of methoxy groups -OCH3 is 4. The van der Waals surface area contributed by atoms with Gasteiger partial charge in [-0.1, -0.05) is 52.5 Å². The first-order valence-electron chi connectivity index (χ1n) is 14.8. The molecule has 0 aliphatic rings. The number of carbonyl (C=O) groups is 2. The fraction of sp³-hybridized carbons (Fsp3) is 0.278. The van der Waals surface area contributed by atoms with E-state index >= 15 is 0 Å². The zero-order valence-corrected chi connectivity index (χ0v) is 31.6. The van der Waals surface area contributed by atoms with E-state index in [4.69, 9.17) is 51.6 Å². The number of hydrogen-bond acceptors (Lipinski definition) is 8. The molecule has 254 valence electrons. The molecule has 12 heteroatoms. The highest BCUT2D eigenvalue weighted by atomic mass is 35.5. The molecule has 0 radical (unpaired) electrons. The Balaban J connectivity index is 2.04. The van der Waals surface area contributed by atoms with Gasteiger partial charge in [0, 0.05) is 11.1 Å². The number of rotatable bonds is 13. The summed E-state index contributed by atoms with van der Waals surface area (Å²) in [5, 5.41) is 4.32. The molecule has 0 aliphatic carbocycles. The minimum atomic E-state index is -0.578. The van der Waals surface area contributed by atoms with E-state index in [1.54, 1.807) is 26.4 Å². The van der Waals surface area contributed by atoms with Crippen LogP contribution in [0.2, 0.25) is 10.0 Å². The van der Waals surface area contributed by atoms with Gasteiger partial charge in [-0.15, -0.1) is 0 Å². The Bertz CT molecular complexity index is 1660. The second kappa shape index (κ2) is 16.7. The van der Waals surface area contributed by atoms with Crippen molar-refractivity contribution in [1.29, 1.82) is 0 Å². The molecule has 0 amide bonds. The Labute approximate surface area is 294 Å². The van der Waals surface area contributed by atoms with Gasteiger partial charge in [0.1, 0.15) is 23.0 Å². The fourth-order valence-corrected chi connectivity index (χ4v) is 8.74. The molecule has 2 atom stereocenters. The van der Waals surface area contributed by atoms with Gasteiger partial charge in [0.2, 0.25) is 0 Å². The molecule has 2 unspecified atom stereocenters. The normalized spacial score (nSPS) is 11.3. The number of ether oxygens (including phenoxy) is 6. The summed E-state index contributed by atoms with van der Waals surface area (Å²) in [5.41, 5.74) is 5.15. The first-order chi connectivity index (χ1) is 22.9. The van der Waals surface area contributed by atoms with E-state index < -0.39 is 11.9 Å². The van der Waals surface area contributed by atoms with E-state index in [0.29, 0.717) is 11.1 Å². The van der Waals surface area contributed by atoms with Gasteiger partial charge in [0.25, 0.3) is 0 Å². The molecule has 0 bridgehead atoms. The first-order valence-corrected chi connectivity index (χ1v) is 17.6. The second-order valence-electron chi connectivity index (χ2n) is 10.9. The minimum Gasteiger partial charge on any atom is -0.496 e. The summed E-state index contributed by atoms with van der Waals surface area (Å²) in [6.45, 7) is 7.24. The van der Waals surface area contributed by atoms with Crippen LogP contribution in [-0.4, -0.2) is 53.6 Å². The molecule has 0 saturated heterocycles. The van der Waals surface area contributed by atoms with E-state index in [1.165, 1.54) is 14.2 Å². The standard InChI is InChI=1S/C36H38Cl2O8P2/c1-19-13-23(14-20(2)33(19)43-7)47-27-11-9-25(37)35(45-17-29(39)41-5)31(27)32-28(12-10-26(38)36(32)46-18-30(40)42-6)48-24-15-21(3)34(44-8)22(4)16-24/h9-16,47-48H,17-18H2,1-8H3. The van der Waals surface area contributed by atoms with Crippen LogP contribution in [0.3, 0.4) is 0 Å². The Morgan fingerprint density at radius 3 is 1.19 bits per heavy atom. The van der Waals surface area contributed by atoms with Crippen LogP contribution in [-0.2, 0) is 19.1 Å². The molecule has 0 aromatic heterocycles. The van der Waals surface area contributed by atoms with Gasteiger partial charge in [-0.25, -0.2) is 9.59 Å². The van der Waals surface area contributed by atoms with Gasteiger partial charge < -0.3 is 28.4 Å². The molecular formula is C36H38Cl2O8P2. The molecule has 0 heterocycles. The lowest BCUT2D eigenvalue weighted by atomic mass is 10.0. The van der Waals surface area contributed by atoms with Crippen molar-refractivity contribution in [2.24, 2.45) is 0 Å². The quantitative estimate of drug-likeness (QED) is 0.118. The maximum Gasteiger partial charge on any atom is 0.343 e. The number of hydrogen-bond donors (Lipinski definition) is 0. The van der Waals surface area contributed by atoms with Crippen molar-refractivity contribution >= 4 is 73.5 Å². The number of carbonyl (C=O) groups excluding carboxylic acids is 2. The first kappa shape index (κ1) is 37.3. The zero-order valence-electron chi connectivity index (χ0n) is 28.1. The summed E-state index contributed by atoms with van der Waals surface area (Å²) in [4.78, 5) is 24.6. The molecule has 4 aromatic carbocycles. The van der Waals surface area contributed by atoms with E-state index in [9.17, 15) is 9.59 Å². The van der Waals surface area contributed by atoms with Crippen molar-refractivity contribution in [2.45, 2.75) is 27.7 Å². The summed E-state index contributed by atoms with van der Waals surface area (Å²) in [6, 6.07) is 15.6. The Morgan fingerprint density at radius 1 is 0.562 bits per heavy atom. The number of aryl methyl sites for hydroxylation is 4. The van der Waals surface area contributed by atoms with E-state index in [0.717, 1.165) is 55.0 Å².